The minimum absolute atomic E-state index is 0.00697. The van der Waals surface area contributed by atoms with Gasteiger partial charge in [-0.1, -0.05) is 29.8 Å². The molecule has 0 bridgehead atoms. The van der Waals surface area contributed by atoms with Gasteiger partial charge < -0.3 is 9.84 Å². The van der Waals surface area contributed by atoms with Crippen LogP contribution in [0.25, 0.3) is 11.2 Å². The van der Waals surface area contributed by atoms with Crippen molar-refractivity contribution in [3.63, 3.8) is 0 Å². The fraction of sp³-hybridized carbons (Fsp3) is 0.227. The number of fused-ring (bicyclic) bond motifs is 1. The lowest BCUT2D eigenvalue weighted by molar-refractivity contribution is -0.137. The molecule has 0 fully saturated rings. The number of alkyl halides is 3. The molecule has 0 spiro atoms. The molecule has 0 aliphatic heterocycles. The van der Waals surface area contributed by atoms with Crippen molar-refractivity contribution in [2.24, 2.45) is 7.05 Å². The Hall–Kier alpha value is -3.57. The second-order valence-electron chi connectivity index (χ2n) is 7.43. The number of aliphatic hydroxyl groups excluding tert-OH is 1. The predicted octanol–water partition coefficient (Wildman–Crippen LogP) is 3.40. The van der Waals surface area contributed by atoms with Gasteiger partial charge in [0.05, 0.1) is 25.3 Å². The summed E-state index contributed by atoms with van der Waals surface area (Å²) in [6, 6.07) is 10.7. The fourth-order valence-corrected chi connectivity index (χ4v) is 3.60. The summed E-state index contributed by atoms with van der Waals surface area (Å²) in [5.74, 6) is -0.157. The van der Waals surface area contributed by atoms with Crippen molar-refractivity contribution in [1.29, 1.82) is 0 Å². The zero-order valence-electron chi connectivity index (χ0n) is 17.7. The molecule has 2 aromatic carbocycles. The number of aromatic nitrogens is 4. The number of hydrogen-bond acceptors (Lipinski definition) is 5. The third-order valence-corrected chi connectivity index (χ3v) is 5.39. The van der Waals surface area contributed by atoms with Crippen LogP contribution in [-0.2, 0) is 26.3 Å². The van der Waals surface area contributed by atoms with Gasteiger partial charge >= 0.3 is 17.9 Å². The molecule has 0 unspecified atom stereocenters. The van der Waals surface area contributed by atoms with E-state index in [1.807, 2.05) is 0 Å². The summed E-state index contributed by atoms with van der Waals surface area (Å²) in [5.41, 5.74) is -1.66. The van der Waals surface area contributed by atoms with E-state index in [-0.39, 0.29) is 36.0 Å². The van der Waals surface area contributed by atoms with E-state index in [1.165, 1.54) is 23.7 Å². The van der Waals surface area contributed by atoms with Crippen LogP contribution in [0.2, 0.25) is 5.02 Å². The number of nitrogens with zero attached hydrogens (tertiary/aromatic N) is 4. The molecule has 8 nitrogen and oxygen atoms in total. The number of hydrogen-bond donors (Lipinski definition) is 1. The summed E-state index contributed by atoms with van der Waals surface area (Å²) in [6.07, 6.45) is -4.58. The molecule has 0 aliphatic carbocycles. The van der Waals surface area contributed by atoms with Crippen LogP contribution in [0.15, 0.2) is 58.1 Å². The van der Waals surface area contributed by atoms with Crippen LogP contribution in [0.5, 0.6) is 11.8 Å². The molecule has 0 saturated carbocycles. The van der Waals surface area contributed by atoms with Gasteiger partial charge in [0.1, 0.15) is 5.75 Å². The summed E-state index contributed by atoms with van der Waals surface area (Å²) in [4.78, 5) is 29.9. The summed E-state index contributed by atoms with van der Waals surface area (Å²) >= 11 is 5.95. The third kappa shape index (κ3) is 4.44. The van der Waals surface area contributed by atoms with Gasteiger partial charge in [0, 0.05) is 12.1 Å². The molecule has 12 heteroatoms. The Labute approximate surface area is 195 Å². The molecule has 0 amide bonds. The van der Waals surface area contributed by atoms with Crippen LogP contribution in [-0.4, -0.2) is 30.4 Å². The molecule has 0 radical (unpaired) electrons. The zero-order valence-corrected chi connectivity index (χ0v) is 18.5. The zero-order chi connectivity index (χ0) is 24.6. The second-order valence-corrected chi connectivity index (χ2v) is 7.87. The van der Waals surface area contributed by atoms with Crippen LogP contribution in [0.1, 0.15) is 11.1 Å². The van der Waals surface area contributed by atoms with E-state index in [9.17, 15) is 27.9 Å². The van der Waals surface area contributed by atoms with Crippen LogP contribution < -0.4 is 16.0 Å². The normalized spacial score (nSPS) is 11.8. The highest BCUT2D eigenvalue weighted by Crippen LogP contribution is 2.33. The number of ether oxygens (including phenoxy) is 1. The van der Waals surface area contributed by atoms with Crippen molar-refractivity contribution in [1.82, 2.24) is 18.7 Å². The van der Waals surface area contributed by atoms with Crippen molar-refractivity contribution in [2.45, 2.75) is 19.3 Å². The minimum atomic E-state index is -4.58. The second kappa shape index (κ2) is 8.99. The third-order valence-electron chi connectivity index (χ3n) is 5.14. The first-order valence-corrected chi connectivity index (χ1v) is 10.4. The lowest BCUT2D eigenvalue weighted by Crippen LogP contribution is -2.39. The van der Waals surface area contributed by atoms with Gasteiger partial charge in [0.2, 0.25) is 0 Å². The molecule has 2 aromatic heterocycles. The molecular formula is C22H18ClF3N4O4. The SMILES string of the molecule is Cn1c(=O)c2c(nc(Oc3cccc(C(F)(F)F)c3)n2Cc2ccc(Cl)cc2)n(CCO)c1=O. The van der Waals surface area contributed by atoms with Gasteiger partial charge in [-0.15, -0.1) is 0 Å². The maximum absolute atomic E-state index is 13.2. The largest absolute Gasteiger partial charge is 0.425 e. The van der Waals surface area contributed by atoms with Crippen LogP contribution in [0.3, 0.4) is 0 Å². The molecule has 1 N–H and O–H groups in total. The average molecular weight is 495 g/mol. The predicted molar refractivity (Wildman–Crippen MR) is 118 cm³/mol. The number of imidazole rings is 1. The number of halogens is 4. The highest BCUT2D eigenvalue weighted by molar-refractivity contribution is 6.30. The fourth-order valence-electron chi connectivity index (χ4n) is 3.48. The van der Waals surface area contributed by atoms with Crippen molar-refractivity contribution in [2.75, 3.05) is 6.61 Å². The van der Waals surface area contributed by atoms with Gasteiger partial charge in [-0.3, -0.25) is 18.5 Å². The number of aliphatic hydroxyl groups is 1. The molecule has 4 aromatic rings. The van der Waals surface area contributed by atoms with E-state index < -0.39 is 29.6 Å². The maximum Gasteiger partial charge on any atom is 0.416 e. The lowest BCUT2D eigenvalue weighted by atomic mass is 10.2. The van der Waals surface area contributed by atoms with Gasteiger partial charge in [-0.2, -0.15) is 18.2 Å². The standard InChI is InChI=1S/C22H18ClF3N4O4/c1-28-19(32)17-18(29(9-10-31)21(28)33)27-20(30(17)12-13-5-7-15(23)8-6-13)34-16-4-2-3-14(11-16)22(24,25)26/h2-8,11,31H,9-10,12H2,1H3. The van der Waals surface area contributed by atoms with E-state index in [0.29, 0.717) is 10.6 Å². The Morgan fingerprint density at radius 1 is 1.09 bits per heavy atom. The Balaban J connectivity index is 1.94. The quantitative estimate of drug-likeness (QED) is 0.443. The van der Waals surface area contributed by atoms with E-state index in [4.69, 9.17) is 16.3 Å². The molecular weight excluding hydrogens is 477 g/mol. The highest BCUT2D eigenvalue weighted by atomic mass is 35.5. The number of rotatable bonds is 6. The van der Waals surface area contributed by atoms with Crippen molar-refractivity contribution >= 4 is 22.8 Å². The van der Waals surface area contributed by atoms with E-state index >= 15 is 0 Å². The molecule has 4 rings (SSSR count). The van der Waals surface area contributed by atoms with Crippen molar-refractivity contribution in [3.8, 4) is 11.8 Å². The first kappa shape index (κ1) is 23.6. The summed E-state index contributed by atoms with van der Waals surface area (Å²) in [7, 11) is 1.28. The number of benzene rings is 2. The Bertz CT molecular complexity index is 1470. The van der Waals surface area contributed by atoms with Gasteiger partial charge in [-0.05, 0) is 35.9 Å². The highest BCUT2D eigenvalue weighted by Gasteiger charge is 2.31. The minimum Gasteiger partial charge on any atom is -0.425 e. The molecule has 34 heavy (non-hydrogen) atoms. The Morgan fingerprint density at radius 2 is 1.79 bits per heavy atom. The Morgan fingerprint density at radius 3 is 2.44 bits per heavy atom. The smallest absolute Gasteiger partial charge is 0.416 e. The van der Waals surface area contributed by atoms with Crippen molar-refractivity contribution in [3.05, 3.63) is 85.5 Å². The topological polar surface area (TPSA) is 91.3 Å². The maximum atomic E-state index is 13.2. The molecule has 2 heterocycles. The van der Waals surface area contributed by atoms with Crippen LogP contribution >= 0.6 is 11.6 Å². The summed E-state index contributed by atoms with van der Waals surface area (Å²) < 4.78 is 48.5. The van der Waals surface area contributed by atoms with E-state index in [1.54, 1.807) is 24.3 Å². The van der Waals surface area contributed by atoms with Crippen molar-refractivity contribution < 1.29 is 23.0 Å². The van der Waals surface area contributed by atoms with Crippen LogP contribution in [0, 0.1) is 0 Å². The molecule has 0 atom stereocenters. The van der Waals surface area contributed by atoms with Crippen LogP contribution in [0.4, 0.5) is 13.2 Å². The molecule has 178 valence electrons. The van der Waals surface area contributed by atoms with E-state index in [2.05, 4.69) is 4.98 Å². The first-order chi connectivity index (χ1) is 16.1. The van der Waals surface area contributed by atoms with Gasteiger partial charge in [0.15, 0.2) is 11.2 Å². The molecule has 0 saturated heterocycles. The monoisotopic (exact) mass is 494 g/mol. The average Bonchev–Trinajstić information content (AvgIpc) is 3.14. The first-order valence-electron chi connectivity index (χ1n) is 10.0. The summed E-state index contributed by atoms with van der Waals surface area (Å²) in [5, 5.41) is 9.90. The van der Waals surface area contributed by atoms with Gasteiger partial charge in [-0.25, -0.2) is 4.79 Å². The summed E-state index contributed by atoms with van der Waals surface area (Å²) in [6.45, 7) is -0.500. The Kier molecular flexibility index (Phi) is 6.24. The lowest BCUT2D eigenvalue weighted by Gasteiger charge is -2.12. The molecule has 0 aliphatic rings. The van der Waals surface area contributed by atoms with Gasteiger partial charge in [0.25, 0.3) is 5.56 Å². The van der Waals surface area contributed by atoms with E-state index in [0.717, 1.165) is 21.3 Å².